The van der Waals surface area contributed by atoms with Gasteiger partial charge in [0.2, 0.25) is 17.7 Å². The highest BCUT2D eigenvalue weighted by Crippen LogP contribution is 2.51. The highest BCUT2D eigenvalue weighted by atomic mass is 16.5. The number of rotatable bonds is 5. The molecule has 264 valence electrons. The van der Waals surface area contributed by atoms with E-state index in [4.69, 9.17) is 31.1 Å². The Labute approximate surface area is 307 Å². The maximum absolute atomic E-state index is 9.08. The maximum atomic E-state index is 9.08. The van der Waals surface area contributed by atoms with Crippen LogP contribution in [-0.4, -0.2) is 23.6 Å². The van der Waals surface area contributed by atoms with E-state index in [0.29, 0.717) is 22.3 Å². The summed E-state index contributed by atoms with van der Waals surface area (Å²) in [5.41, 5.74) is 9.04. The molecule has 0 spiro atoms. The lowest BCUT2D eigenvalue weighted by atomic mass is 9.73. The molecule has 1 heterocycles. The first-order chi connectivity index (χ1) is 24.4. The summed E-state index contributed by atoms with van der Waals surface area (Å²) in [7, 11) is 0. The van der Waals surface area contributed by atoms with E-state index in [-0.39, 0.29) is 39.8 Å². The van der Waals surface area contributed by atoms with Crippen LogP contribution in [0.1, 0.15) is 99.9 Å². The van der Waals surface area contributed by atoms with Crippen LogP contribution in [0.4, 0.5) is 17.1 Å². The Morgan fingerprint density at radius 2 is 0.942 bits per heavy atom. The van der Waals surface area contributed by atoms with E-state index >= 15 is 0 Å². The summed E-state index contributed by atoms with van der Waals surface area (Å²) in [4.78, 5) is 2.16. The molecule has 5 aromatic carbocycles. The Morgan fingerprint density at radius 3 is 1.40 bits per heavy atom. The van der Waals surface area contributed by atoms with E-state index in [1.807, 2.05) is 72.8 Å². The Kier molecular flexibility index (Phi) is 9.26. The van der Waals surface area contributed by atoms with E-state index in [1.165, 1.54) is 0 Å². The summed E-state index contributed by atoms with van der Waals surface area (Å²) in [6.45, 7) is 17.3. The summed E-state index contributed by atoms with van der Waals surface area (Å²) in [6.07, 6.45) is 0. The lowest BCUT2D eigenvalue weighted by Gasteiger charge is -2.42. The van der Waals surface area contributed by atoms with Crippen LogP contribution in [0.25, 0.3) is 0 Å². The predicted octanol–water partition coefficient (Wildman–Crippen LogP) is 9.31. The van der Waals surface area contributed by atoms with E-state index in [0.717, 1.165) is 39.3 Å². The van der Waals surface area contributed by atoms with Crippen LogP contribution in [0.5, 0.6) is 0 Å². The van der Waals surface area contributed by atoms with Gasteiger partial charge in [-0.25, -0.2) is 5.41 Å². The minimum absolute atomic E-state index is 0.00699. The second-order valence-corrected chi connectivity index (χ2v) is 16.0. The second-order valence-electron chi connectivity index (χ2n) is 16.0. The molecule has 6 rings (SSSR count). The van der Waals surface area contributed by atoms with Crippen molar-refractivity contribution >= 4 is 40.7 Å². The second kappa shape index (κ2) is 13.4. The summed E-state index contributed by atoms with van der Waals surface area (Å²) < 4.78 is 11.9. The molecule has 1 aliphatic heterocycles. The van der Waals surface area contributed by atoms with E-state index in [1.54, 1.807) is 6.07 Å². The van der Waals surface area contributed by atoms with Crippen molar-refractivity contribution in [2.24, 2.45) is 0 Å². The van der Waals surface area contributed by atoms with Gasteiger partial charge in [-0.1, -0.05) is 116 Å². The number of anilines is 3. The summed E-state index contributed by atoms with van der Waals surface area (Å²) >= 11 is 0. The number of fused-ring (bicyclic) bond motifs is 2. The molecule has 5 aromatic rings. The smallest absolute Gasteiger partial charge is 0.373 e. The summed E-state index contributed by atoms with van der Waals surface area (Å²) in [5, 5.41) is 33.3. The number of hydrogen-bond acceptors (Lipinski definition) is 6. The van der Waals surface area contributed by atoms with Crippen LogP contribution in [0, 0.1) is 16.2 Å². The van der Waals surface area contributed by atoms with Gasteiger partial charge in [-0.15, -0.1) is 0 Å². The van der Waals surface area contributed by atoms with Gasteiger partial charge in [-0.3, -0.25) is 16.2 Å². The first-order valence-corrected chi connectivity index (χ1v) is 17.6. The summed E-state index contributed by atoms with van der Waals surface area (Å²) in [5.74, 6) is -0.436. The molecule has 0 atom stereocenters. The van der Waals surface area contributed by atoms with Crippen LogP contribution in [0.2, 0.25) is 0 Å². The monoisotopic (exact) mass is 690 g/mol. The standard InChI is InChI=1S/C45H47N5O2/c1-43(2,3)32-21-17-28(18-22-32)39(46)51-41(48)30-25-31(42(49)52-40(47)29-19-23-33(24-20-29)44(4,5)6)27-34(26-30)50-37-15-11-9-13-35(37)45(7,8)36-14-10-12-16-38(36)50/h9-27,46-49H,1-8H3/p+1. The number of benzene rings is 5. The van der Waals surface area contributed by atoms with Gasteiger partial charge < -0.3 is 14.4 Å². The number of nitrogens with one attached hydrogen (secondary N) is 3. The normalized spacial score (nSPS) is 13.4. The lowest BCUT2D eigenvalue weighted by molar-refractivity contribution is -0.130. The first-order valence-electron chi connectivity index (χ1n) is 17.6. The van der Waals surface area contributed by atoms with Crippen molar-refractivity contribution in [2.45, 2.75) is 71.6 Å². The third-order valence-electron chi connectivity index (χ3n) is 9.80. The molecule has 5 N–H and O–H groups in total. The predicted molar refractivity (Wildman–Crippen MR) is 212 cm³/mol. The van der Waals surface area contributed by atoms with Gasteiger partial charge in [-0.05, 0) is 87.7 Å². The number of para-hydroxylation sites is 2. The molecule has 0 amide bonds. The van der Waals surface area contributed by atoms with E-state index in [9.17, 15) is 0 Å². The molecule has 0 aromatic heterocycles. The van der Waals surface area contributed by atoms with Gasteiger partial charge >= 0.3 is 5.90 Å². The van der Waals surface area contributed by atoms with E-state index < -0.39 is 0 Å². The fourth-order valence-corrected chi connectivity index (χ4v) is 6.65. The molecule has 0 radical (unpaired) electrons. The molecule has 0 bridgehead atoms. The molecule has 0 fully saturated rings. The van der Waals surface area contributed by atoms with Crippen LogP contribution < -0.4 is 10.3 Å². The maximum Gasteiger partial charge on any atom is 0.373 e. The number of hydrogen-bond donors (Lipinski definition) is 4. The average Bonchev–Trinajstić information content (AvgIpc) is 3.11. The van der Waals surface area contributed by atoms with Gasteiger partial charge in [0.15, 0.2) is 0 Å². The average molecular weight is 691 g/mol. The molecule has 7 nitrogen and oxygen atoms in total. The van der Waals surface area contributed by atoms with Crippen molar-refractivity contribution in [2.75, 3.05) is 4.90 Å². The molecule has 0 unspecified atom stereocenters. The van der Waals surface area contributed by atoms with Crippen molar-refractivity contribution in [3.63, 3.8) is 0 Å². The van der Waals surface area contributed by atoms with E-state index in [2.05, 4.69) is 96.7 Å². The Hall–Kier alpha value is -5.82. The minimum atomic E-state index is -0.260. The topological polar surface area (TPSA) is 119 Å². The quantitative estimate of drug-likeness (QED) is 0.109. The van der Waals surface area contributed by atoms with Gasteiger partial charge in [0.1, 0.15) is 0 Å². The third-order valence-corrected chi connectivity index (χ3v) is 9.80. The molecular weight excluding hydrogens is 643 g/mol. The molecule has 52 heavy (non-hydrogen) atoms. The van der Waals surface area contributed by atoms with Crippen LogP contribution >= 0.6 is 0 Å². The Balaban J connectivity index is 1.40. The van der Waals surface area contributed by atoms with Crippen molar-refractivity contribution < 1.29 is 14.9 Å². The number of ether oxygens (including phenoxy) is 2. The fraction of sp³-hybridized carbons (Fsp3) is 0.244. The molecular formula is C45H48N5O2+. The molecule has 0 aliphatic carbocycles. The lowest BCUT2D eigenvalue weighted by Crippen LogP contribution is -2.43. The largest absolute Gasteiger partial charge is 0.421 e. The Bertz CT molecular complexity index is 2050. The van der Waals surface area contributed by atoms with Crippen molar-refractivity contribution in [1.82, 2.24) is 0 Å². The van der Waals surface area contributed by atoms with Gasteiger partial charge in [-0.2, -0.15) is 0 Å². The fourth-order valence-electron chi connectivity index (χ4n) is 6.65. The first kappa shape index (κ1) is 36.0. The summed E-state index contributed by atoms with van der Waals surface area (Å²) in [6, 6.07) is 37.5. The van der Waals surface area contributed by atoms with Gasteiger partial charge in [0, 0.05) is 27.8 Å². The zero-order valence-corrected chi connectivity index (χ0v) is 31.3. The zero-order chi connectivity index (χ0) is 37.6. The van der Waals surface area contributed by atoms with Crippen molar-refractivity contribution in [3.8, 4) is 0 Å². The SMILES string of the molecule is CC(C)(C)c1ccc(C(=N)OC(=N)c2cc(C(=[NH2+])OC(=N)c3ccc(C(C)(C)C)cc3)cc(N3c4ccccc4C(C)(C)c4ccccc43)c2)cc1. The van der Waals surface area contributed by atoms with Gasteiger partial charge in [0.25, 0.3) is 0 Å². The zero-order valence-electron chi connectivity index (χ0n) is 31.3. The van der Waals surface area contributed by atoms with Crippen LogP contribution in [-0.2, 0) is 25.7 Å². The van der Waals surface area contributed by atoms with Crippen LogP contribution in [0.3, 0.4) is 0 Å². The van der Waals surface area contributed by atoms with Crippen LogP contribution in [0.15, 0.2) is 115 Å². The Morgan fingerprint density at radius 1 is 0.538 bits per heavy atom. The van der Waals surface area contributed by atoms with Gasteiger partial charge in [0.05, 0.1) is 16.9 Å². The number of nitrogens with zero attached hydrogens (tertiary/aromatic N) is 1. The van der Waals surface area contributed by atoms with Crippen molar-refractivity contribution in [3.05, 3.63) is 160 Å². The van der Waals surface area contributed by atoms with Crippen molar-refractivity contribution in [1.29, 1.82) is 16.2 Å². The minimum Gasteiger partial charge on any atom is -0.421 e. The third kappa shape index (κ3) is 7.04. The molecule has 0 saturated carbocycles. The molecule has 1 aliphatic rings. The molecule has 0 saturated heterocycles. The highest BCUT2D eigenvalue weighted by molar-refractivity contribution is 6.08. The number of nitrogens with two attached hydrogens (primary N) is 1. The molecule has 7 heteroatoms. The highest BCUT2D eigenvalue weighted by Gasteiger charge is 2.37.